The summed E-state index contributed by atoms with van der Waals surface area (Å²) in [4.78, 5) is 34.1. The molecule has 4 aliphatic rings. The van der Waals surface area contributed by atoms with E-state index in [2.05, 4.69) is 21.7 Å². The summed E-state index contributed by atoms with van der Waals surface area (Å²) < 4.78 is 21.2. The molecule has 3 aromatic rings. The summed E-state index contributed by atoms with van der Waals surface area (Å²) in [6.45, 7) is 6.18. The van der Waals surface area contributed by atoms with Gasteiger partial charge in [0.15, 0.2) is 0 Å². The number of likely N-dealkylation sites (N-methyl/N-ethyl adjacent to an activating group) is 2. The molecule has 0 bridgehead atoms. The van der Waals surface area contributed by atoms with Crippen molar-refractivity contribution in [2.24, 2.45) is 0 Å². The maximum absolute atomic E-state index is 14.6. The van der Waals surface area contributed by atoms with E-state index in [9.17, 15) is 9.18 Å². The monoisotopic (exact) mass is 661 g/mol. The molecule has 250 valence electrons. The van der Waals surface area contributed by atoms with Crippen LogP contribution in [0.4, 0.5) is 15.9 Å². The summed E-state index contributed by atoms with van der Waals surface area (Å²) in [5.74, 6) is 0.506. The smallest absolute Gasteiger partial charge is 0.318 e. The Kier molecular flexibility index (Phi) is 9.02. The van der Waals surface area contributed by atoms with Gasteiger partial charge in [0, 0.05) is 62.0 Å². The molecule has 47 heavy (non-hydrogen) atoms. The Labute approximate surface area is 281 Å². The molecule has 11 heteroatoms. The standard InChI is InChI=1S/C36H45ClFN7O2/c1-41(2)17-5-10-31(46)44-20-13-26(22-44)42(3)34-27-14-21-43(30-9-4-8-25-11-12-28(38)33(37)32(25)30)23-29(27)39-35(40-34)47-24-36-15-6-18-45(36)19-7-16-36/h4-5,8-12,26H,6-7,13-24H2,1-3H3/b10-5+. The van der Waals surface area contributed by atoms with Crippen molar-refractivity contribution in [2.75, 3.05) is 76.8 Å². The molecule has 1 unspecified atom stereocenters. The molecule has 9 nitrogen and oxygen atoms in total. The molecule has 0 N–H and O–H groups in total. The molecule has 5 heterocycles. The maximum atomic E-state index is 14.6. The van der Waals surface area contributed by atoms with Crippen LogP contribution < -0.4 is 14.5 Å². The Bertz CT molecular complexity index is 1670. The van der Waals surface area contributed by atoms with Gasteiger partial charge in [0.1, 0.15) is 18.2 Å². The minimum Gasteiger partial charge on any atom is -0.461 e. The highest BCUT2D eigenvalue weighted by molar-refractivity contribution is 6.36. The van der Waals surface area contributed by atoms with E-state index in [1.165, 1.54) is 18.9 Å². The second-order valence-electron chi connectivity index (χ2n) is 13.9. The van der Waals surface area contributed by atoms with Gasteiger partial charge in [-0.1, -0.05) is 35.9 Å². The number of hydrogen-bond acceptors (Lipinski definition) is 8. The van der Waals surface area contributed by atoms with Crippen LogP contribution in [0.15, 0.2) is 42.5 Å². The van der Waals surface area contributed by atoms with Crippen molar-refractivity contribution in [1.82, 2.24) is 24.7 Å². The van der Waals surface area contributed by atoms with Gasteiger partial charge >= 0.3 is 6.01 Å². The first-order chi connectivity index (χ1) is 22.7. The van der Waals surface area contributed by atoms with Crippen LogP contribution in [-0.4, -0.2) is 109 Å². The molecule has 2 aromatic carbocycles. The highest BCUT2D eigenvalue weighted by Gasteiger charge is 2.45. The van der Waals surface area contributed by atoms with E-state index >= 15 is 0 Å². The van der Waals surface area contributed by atoms with Crippen LogP contribution >= 0.6 is 11.6 Å². The summed E-state index contributed by atoms with van der Waals surface area (Å²) in [5, 5.41) is 1.77. The maximum Gasteiger partial charge on any atom is 0.318 e. The number of rotatable bonds is 9. The number of aromatic nitrogens is 2. The Morgan fingerprint density at radius 2 is 1.91 bits per heavy atom. The van der Waals surface area contributed by atoms with Crippen LogP contribution in [0, 0.1) is 5.82 Å². The summed E-state index contributed by atoms with van der Waals surface area (Å²) in [5.41, 5.74) is 2.99. The fraction of sp³-hybridized carbons (Fsp3) is 0.528. The molecule has 3 saturated heterocycles. The fourth-order valence-corrected chi connectivity index (χ4v) is 8.33. The molecule has 7 rings (SSSR count). The van der Waals surface area contributed by atoms with Crippen LogP contribution in [0.2, 0.25) is 5.02 Å². The third-order valence-electron chi connectivity index (χ3n) is 10.6. The number of benzene rings is 2. The molecule has 0 aliphatic carbocycles. The third-order valence-corrected chi connectivity index (χ3v) is 11.0. The first-order valence-corrected chi connectivity index (χ1v) is 17.3. The number of anilines is 2. The number of halogens is 2. The predicted molar refractivity (Wildman–Crippen MR) is 185 cm³/mol. The topological polar surface area (TPSA) is 68.3 Å². The zero-order valence-corrected chi connectivity index (χ0v) is 28.5. The number of nitrogens with zero attached hydrogens (tertiary/aromatic N) is 7. The third kappa shape index (κ3) is 6.27. The van der Waals surface area contributed by atoms with Gasteiger partial charge in [-0.3, -0.25) is 9.69 Å². The van der Waals surface area contributed by atoms with Gasteiger partial charge in [0.25, 0.3) is 0 Å². The molecular formula is C36H45ClFN7O2. The Morgan fingerprint density at radius 1 is 1.11 bits per heavy atom. The molecular weight excluding hydrogens is 617 g/mol. The number of amides is 1. The number of carbonyl (C=O) groups excluding carboxylic acids is 1. The Balaban J connectivity index is 1.18. The number of hydrogen-bond donors (Lipinski definition) is 0. The lowest BCUT2D eigenvalue weighted by molar-refractivity contribution is -0.125. The molecule has 0 spiro atoms. The number of carbonyl (C=O) groups is 1. The van der Waals surface area contributed by atoms with Gasteiger partial charge in [0.05, 0.1) is 22.8 Å². The van der Waals surface area contributed by atoms with Crippen molar-refractivity contribution in [1.29, 1.82) is 0 Å². The van der Waals surface area contributed by atoms with Crippen molar-refractivity contribution in [3.05, 3.63) is 64.6 Å². The van der Waals surface area contributed by atoms with Crippen molar-refractivity contribution in [3.8, 4) is 6.01 Å². The molecule has 0 saturated carbocycles. The SMILES string of the molecule is CN(C)C/C=C/C(=O)N1CCC(N(C)c2nc(OCC34CCCN3CCC4)nc3c2CCN(c2cccc4ccc(F)c(Cl)c24)C3)C1. The molecule has 0 radical (unpaired) electrons. The van der Waals surface area contributed by atoms with Gasteiger partial charge < -0.3 is 24.3 Å². The normalized spacial score (nSPS) is 20.9. The van der Waals surface area contributed by atoms with E-state index in [0.717, 1.165) is 78.9 Å². The first-order valence-electron chi connectivity index (χ1n) is 16.9. The minimum atomic E-state index is -0.421. The van der Waals surface area contributed by atoms with Crippen molar-refractivity contribution in [2.45, 2.75) is 56.7 Å². The van der Waals surface area contributed by atoms with Gasteiger partial charge in [0.2, 0.25) is 5.91 Å². The van der Waals surface area contributed by atoms with Crippen molar-refractivity contribution < 1.29 is 13.9 Å². The van der Waals surface area contributed by atoms with Crippen LogP contribution in [-0.2, 0) is 17.8 Å². The van der Waals surface area contributed by atoms with Crippen LogP contribution in [0.5, 0.6) is 6.01 Å². The Morgan fingerprint density at radius 3 is 2.70 bits per heavy atom. The first kappa shape index (κ1) is 32.1. The van der Waals surface area contributed by atoms with Gasteiger partial charge in [-0.05, 0) is 83.2 Å². The minimum absolute atomic E-state index is 0.0502. The van der Waals surface area contributed by atoms with E-state index in [4.69, 9.17) is 26.3 Å². The summed E-state index contributed by atoms with van der Waals surface area (Å²) in [6, 6.07) is 9.70. The van der Waals surface area contributed by atoms with E-state index < -0.39 is 5.82 Å². The molecule has 1 aromatic heterocycles. The van der Waals surface area contributed by atoms with Gasteiger partial charge in [-0.2, -0.15) is 9.97 Å². The van der Waals surface area contributed by atoms with Crippen LogP contribution in [0.25, 0.3) is 10.8 Å². The largest absolute Gasteiger partial charge is 0.461 e. The number of fused-ring (bicyclic) bond motifs is 3. The lowest BCUT2D eigenvalue weighted by Crippen LogP contribution is -2.44. The quantitative estimate of drug-likeness (QED) is 0.292. The van der Waals surface area contributed by atoms with E-state index in [-0.39, 0.29) is 22.5 Å². The number of ether oxygens (including phenoxy) is 1. The summed E-state index contributed by atoms with van der Waals surface area (Å²) in [7, 11) is 6.06. The second kappa shape index (κ2) is 13.2. The summed E-state index contributed by atoms with van der Waals surface area (Å²) in [6.07, 6.45) is 9.89. The van der Waals surface area contributed by atoms with E-state index in [0.29, 0.717) is 38.8 Å². The van der Waals surface area contributed by atoms with Gasteiger partial charge in [-0.25, -0.2) is 4.39 Å². The zero-order chi connectivity index (χ0) is 32.7. The number of likely N-dealkylation sites (tertiary alicyclic amines) is 1. The average Bonchev–Trinajstić information content (AvgIpc) is 3.81. The van der Waals surface area contributed by atoms with Crippen molar-refractivity contribution >= 4 is 39.8 Å². The fourth-order valence-electron chi connectivity index (χ4n) is 8.07. The lowest BCUT2D eigenvalue weighted by Gasteiger charge is -2.35. The highest BCUT2D eigenvalue weighted by atomic mass is 35.5. The summed E-state index contributed by atoms with van der Waals surface area (Å²) >= 11 is 6.55. The van der Waals surface area contributed by atoms with E-state index in [1.54, 1.807) is 12.1 Å². The zero-order valence-electron chi connectivity index (χ0n) is 27.7. The predicted octanol–water partition coefficient (Wildman–Crippen LogP) is 5.15. The van der Waals surface area contributed by atoms with Crippen LogP contribution in [0.3, 0.4) is 0 Å². The van der Waals surface area contributed by atoms with E-state index in [1.807, 2.05) is 48.2 Å². The Hall–Kier alpha value is -3.47. The van der Waals surface area contributed by atoms with Gasteiger partial charge in [-0.15, -0.1) is 0 Å². The lowest BCUT2D eigenvalue weighted by atomic mass is 9.95. The molecule has 3 fully saturated rings. The second-order valence-corrected chi connectivity index (χ2v) is 14.3. The molecule has 4 aliphatic heterocycles. The molecule has 1 amide bonds. The highest BCUT2D eigenvalue weighted by Crippen LogP contribution is 2.41. The average molecular weight is 662 g/mol. The van der Waals surface area contributed by atoms with Crippen LogP contribution in [0.1, 0.15) is 43.4 Å². The molecule has 1 atom stereocenters. The van der Waals surface area contributed by atoms with Crippen molar-refractivity contribution in [3.63, 3.8) is 0 Å².